The van der Waals surface area contributed by atoms with Crippen LogP contribution in [-0.4, -0.2) is 33.2 Å². The first-order valence-corrected chi connectivity index (χ1v) is 10.6. The van der Waals surface area contributed by atoms with Gasteiger partial charge in [-0.1, -0.05) is 18.2 Å². The van der Waals surface area contributed by atoms with Crippen LogP contribution in [0.5, 0.6) is 0 Å². The molecule has 0 radical (unpaired) electrons. The highest BCUT2D eigenvalue weighted by molar-refractivity contribution is 7.13. The van der Waals surface area contributed by atoms with Crippen LogP contribution in [0.1, 0.15) is 35.8 Å². The van der Waals surface area contributed by atoms with Crippen LogP contribution >= 0.6 is 11.3 Å². The molecule has 3 aromatic heterocycles. The summed E-state index contributed by atoms with van der Waals surface area (Å²) in [6.45, 7) is 5.12. The van der Waals surface area contributed by atoms with Gasteiger partial charge in [0.25, 0.3) is 5.89 Å². The molecule has 0 saturated carbocycles. The molecule has 4 heterocycles. The van der Waals surface area contributed by atoms with E-state index >= 15 is 0 Å². The first-order chi connectivity index (χ1) is 13.8. The summed E-state index contributed by atoms with van der Waals surface area (Å²) in [5, 5.41) is 12.0. The van der Waals surface area contributed by atoms with Crippen molar-refractivity contribution >= 4 is 22.2 Å². The minimum atomic E-state index is 0.354. The van der Waals surface area contributed by atoms with Crippen molar-refractivity contribution in [2.75, 3.05) is 13.1 Å². The largest absolute Gasteiger partial charge is 0.420 e. The van der Waals surface area contributed by atoms with Crippen molar-refractivity contribution in [2.24, 2.45) is 0 Å². The van der Waals surface area contributed by atoms with Crippen LogP contribution in [0.3, 0.4) is 0 Å². The lowest BCUT2D eigenvalue weighted by molar-refractivity contribution is 0.194. The molecule has 6 heteroatoms. The summed E-state index contributed by atoms with van der Waals surface area (Å²) in [7, 11) is 0. The van der Waals surface area contributed by atoms with E-state index in [2.05, 4.69) is 62.7 Å². The van der Waals surface area contributed by atoms with Crippen LogP contribution in [0.15, 0.2) is 52.4 Å². The molecule has 0 spiro atoms. The molecule has 4 aromatic rings. The van der Waals surface area contributed by atoms with E-state index in [0.717, 1.165) is 48.8 Å². The zero-order valence-electron chi connectivity index (χ0n) is 15.8. The summed E-state index contributed by atoms with van der Waals surface area (Å²) >= 11 is 1.66. The Morgan fingerprint density at radius 3 is 2.79 bits per heavy atom. The van der Waals surface area contributed by atoms with E-state index in [4.69, 9.17) is 4.42 Å². The number of benzene rings is 1. The summed E-state index contributed by atoms with van der Waals surface area (Å²) in [5.74, 6) is 1.80. The van der Waals surface area contributed by atoms with Gasteiger partial charge in [-0.25, -0.2) is 0 Å². The Morgan fingerprint density at radius 2 is 1.96 bits per heavy atom. The van der Waals surface area contributed by atoms with Crippen molar-refractivity contribution < 1.29 is 4.42 Å². The predicted molar refractivity (Wildman–Crippen MR) is 111 cm³/mol. The average Bonchev–Trinajstić information content (AvgIpc) is 3.38. The third kappa shape index (κ3) is 3.34. The number of aromatic nitrogens is 3. The minimum Gasteiger partial charge on any atom is -0.420 e. The summed E-state index contributed by atoms with van der Waals surface area (Å²) in [4.78, 5) is 8.07. The number of pyridine rings is 1. The Kier molecular flexibility index (Phi) is 4.66. The number of fused-ring (bicyclic) bond motifs is 1. The molecule has 0 aliphatic carbocycles. The zero-order valence-corrected chi connectivity index (χ0v) is 16.7. The second kappa shape index (κ2) is 7.45. The summed E-state index contributed by atoms with van der Waals surface area (Å²) in [6.07, 6.45) is 4.01. The lowest BCUT2D eigenvalue weighted by atomic mass is 9.96. The van der Waals surface area contributed by atoms with Gasteiger partial charge in [-0.05, 0) is 67.6 Å². The lowest BCUT2D eigenvalue weighted by Crippen LogP contribution is -2.32. The third-order valence-electron chi connectivity index (χ3n) is 5.57. The molecule has 5 rings (SSSR count). The number of nitrogens with zero attached hydrogens (tertiary/aromatic N) is 4. The number of hydrogen-bond acceptors (Lipinski definition) is 6. The Labute approximate surface area is 168 Å². The Bertz CT molecular complexity index is 1090. The maximum atomic E-state index is 6.02. The number of para-hydroxylation sites is 1. The highest BCUT2D eigenvalue weighted by Crippen LogP contribution is 2.33. The van der Waals surface area contributed by atoms with Gasteiger partial charge in [-0.15, -0.1) is 21.5 Å². The van der Waals surface area contributed by atoms with E-state index in [9.17, 15) is 0 Å². The first-order valence-electron chi connectivity index (χ1n) is 9.71. The molecule has 5 nitrogen and oxygen atoms in total. The van der Waals surface area contributed by atoms with Gasteiger partial charge in [0, 0.05) is 24.0 Å². The van der Waals surface area contributed by atoms with Crippen molar-refractivity contribution in [1.29, 1.82) is 0 Å². The lowest BCUT2D eigenvalue weighted by Gasteiger charge is -2.30. The number of rotatable bonds is 4. The molecule has 1 saturated heterocycles. The minimum absolute atomic E-state index is 0.354. The fourth-order valence-electron chi connectivity index (χ4n) is 3.96. The number of hydrogen-bond donors (Lipinski definition) is 0. The zero-order chi connectivity index (χ0) is 18.9. The van der Waals surface area contributed by atoms with E-state index in [1.165, 1.54) is 16.5 Å². The van der Waals surface area contributed by atoms with Gasteiger partial charge in [-0.2, -0.15) is 0 Å². The van der Waals surface area contributed by atoms with E-state index in [1.54, 1.807) is 11.3 Å². The van der Waals surface area contributed by atoms with Gasteiger partial charge in [0.05, 0.1) is 10.4 Å². The summed E-state index contributed by atoms with van der Waals surface area (Å²) in [5.41, 5.74) is 3.61. The molecular weight excluding hydrogens is 368 g/mol. The molecule has 1 aromatic carbocycles. The second-order valence-electron chi connectivity index (χ2n) is 7.42. The number of likely N-dealkylation sites (tertiary alicyclic amines) is 1. The van der Waals surface area contributed by atoms with Gasteiger partial charge in [-0.3, -0.25) is 9.88 Å². The quantitative estimate of drug-likeness (QED) is 0.489. The molecule has 0 atom stereocenters. The highest BCUT2D eigenvalue weighted by atomic mass is 32.1. The second-order valence-corrected chi connectivity index (χ2v) is 8.33. The first kappa shape index (κ1) is 17.5. The van der Waals surface area contributed by atoms with E-state index in [1.807, 2.05) is 12.3 Å². The molecule has 1 fully saturated rings. The molecular formula is C22H22N4OS. The maximum Gasteiger partial charge on any atom is 0.258 e. The maximum absolute atomic E-state index is 6.02. The van der Waals surface area contributed by atoms with Crippen LogP contribution in [-0.2, 0) is 6.54 Å². The predicted octanol–water partition coefficient (Wildman–Crippen LogP) is 5.03. The fraction of sp³-hybridized carbons (Fsp3) is 0.318. The smallest absolute Gasteiger partial charge is 0.258 e. The normalized spacial score (nSPS) is 16.0. The monoisotopic (exact) mass is 390 g/mol. The molecule has 0 bridgehead atoms. The fourth-order valence-corrected chi connectivity index (χ4v) is 4.80. The van der Waals surface area contributed by atoms with Crippen molar-refractivity contribution in [3.8, 4) is 10.8 Å². The molecule has 1 aliphatic heterocycles. The highest BCUT2D eigenvalue weighted by Gasteiger charge is 2.26. The van der Waals surface area contributed by atoms with Gasteiger partial charge in [0.2, 0.25) is 5.89 Å². The standard InChI is InChI=1S/C22H22N4OS/c1-15-9-13-28-20(15)22-25-24-21(27-22)16-7-11-26(12-8-16)14-17-6-10-23-19-5-3-2-4-18(17)19/h2-6,9-10,13,16H,7-8,11-12,14H2,1H3. The summed E-state index contributed by atoms with van der Waals surface area (Å²) in [6, 6.07) is 12.6. The SMILES string of the molecule is Cc1ccsc1-c1nnc(C2CCN(Cc3ccnc4ccccc34)CC2)o1. The van der Waals surface area contributed by atoms with Crippen molar-refractivity contribution in [2.45, 2.75) is 32.2 Å². The molecule has 28 heavy (non-hydrogen) atoms. The molecule has 142 valence electrons. The molecule has 1 aliphatic rings. The van der Waals surface area contributed by atoms with Gasteiger partial charge in [0.15, 0.2) is 0 Å². The third-order valence-corrected chi connectivity index (χ3v) is 6.57. The summed E-state index contributed by atoms with van der Waals surface area (Å²) < 4.78 is 6.02. The average molecular weight is 391 g/mol. The van der Waals surface area contributed by atoms with E-state index in [0.29, 0.717) is 11.8 Å². The van der Waals surface area contributed by atoms with Crippen LogP contribution in [0, 0.1) is 6.92 Å². The van der Waals surface area contributed by atoms with Crippen LogP contribution in [0.2, 0.25) is 0 Å². The van der Waals surface area contributed by atoms with E-state index < -0.39 is 0 Å². The molecule has 0 amide bonds. The van der Waals surface area contributed by atoms with Crippen LogP contribution in [0.4, 0.5) is 0 Å². The number of aryl methyl sites for hydroxylation is 1. The topological polar surface area (TPSA) is 55.1 Å². The van der Waals surface area contributed by atoms with Crippen molar-refractivity contribution in [3.05, 3.63) is 65.0 Å². The molecule has 0 N–H and O–H groups in total. The molecule has 0 unspecified atom stereocenters. The van der Waals surface area contributed by atoms with Crippen molar-refractivity contribution in [1.82, 2.24) is 20.1 Å². The van der Waals surface area contributed by atoms with E-state index in [-0.39, 0.29) is 0 Å². The Morgan fingerprint density at radius 1 is 1.11 bits per heavy atom. The number of thiophene rings is 1. The Hall–Kier alpha value is -2.57. The van der Waals surface area contributed by atoms with Gasteiger partial charge in [0.1, 0.15) is 0 Å². The van der Waals surface area contributed by atoms with Crippen LogP contribution < -0.4 is 0 Å². The number of piperidine rings is 1. The van der Waals surface area contributed by atoms with Crippen LogP contribution in [0.25, 0.3) is 21.7 Å². The Balaban J connectivity index is 1.25. The van der Waals surface area contributed by atoms with Crippen molar-refractivity contribution in [3.63, 3.8) is 0 Å². The van der Waals surface area contributed by atoms with Gasteiger partial charge < -0.3 is 4.42 Å². The van der Waals surface area contributed by atoms with Gasteiger partial charge >= 0.3 is 0 Å².